The fourth-order valence-electron chi connectivity index (χ4n) is 7.94. The molecule has 0 saturated heterocycles. The average Bonchev–Trinajstić information content (AvgIpc) is 3.27. The third-order valence-electron chi connectivity index (χ3n) is 11.8. The highest BCUT2D eigenvalue weighted by atomic mass is 16.6. The predicted octanol–water partition coefficient (Wildman–Crippen LogP) is 9.13. The molecule has 0 saturated carbocycles. The van der Waals surface area contributed by atoms with Gasteiger partial charge in [-0.1, -0.05) is 102 Å². The lowest BCUT2D eigenvalue weighted by Gasteiger charge is -2.25. The van der Waals surface area contributed by atoms with E-state index < -0.39 is 82.2 Å². The van der Waals surface area contributed by atoms with Gasteiger partial charge < -0.3 is 31.2 Å². The SMILES string of the molecule is CCCCc1ccc(-c2ccc(C(=O)C[C@@H](CCCCCC(=O)OC(C)(C)C)C(=O)N[C@@H](CCCCNC(=O)OC(C)(C)C)C(=O)C[C@@H](C)C(=O)N[C@@H](CC(C)C)C(=O)C[C@@H](C)C(=O)C(N)=O)cc2)cc1. The Hall–Kier alpha value is -5.73. The molecule has 0 aliphatic heterocycles. The first-order valence-corrected chi connectivity index (χ1v) is 25.6. The molecule has 5 N–H and O–H groups in total. The molecule has 0 spiro atoms. The number of hydrogen-bond acceptors (Lipinski definition) is 11. The second-order valence-electron chi connectivity index (χ2n) is 21.4. The number of amides is 4. The van der Waals surface area contributed by atoms with Gasteiger partial charge in [0.25, 0.3) is 5.91 Å². The number of carbonyl (C=O) groups is 9. The lowest BCUT2D eigenvalue weighted by molar-refractivity contribution is -0.155. The minimum atomic E-state index is -1.15. The van der Waals surface area contributed by atoms with Gasteiger partial charge in [-0.05, 0) is 116 Å². The minimum absolute atomic E-state index is 0.0325. The number of Topliss-reactive ketones (excluding diaryl/α,β-unsaturated/α-hetero) is 4. The van der Waals surface area contributed by atoms with Gasteiger partial charge in [0.05, 0.1) is 12.1 Å². The summed E-state index contributed by atoms with van der Waals surface area (Å²) in [7, 11) is 0. The topological polar surface area (TPSA) is 234 Å². The summed E-state index contributed by atoms with van der Waals surface area (Å²) in [5.74, 6) is -7.38. The van der Waals surface area contributed by atoms with E-state index in [4.69, 9.17) is 15.2 Å². The molecule has 15 nitrogen and oxygen atoms in total. The monoisotopic (exact) mass is 989 g/mol. The maximum atomic E-state index is 14.4. The number of primary amides is 1. The molecule has 0 heterocycles. The summed E-state index contributed by atoms with van der Waals surface area (Å²) < 4.78 is 10.8. The number of unbranched alkanes of at least 4 members (excludes halogenated alkanes) is 4. The fourth-order valence-corrected chi connectivity index (χ4v) is 7.94. The van der Waals surface area contributed by atoms with Crippen LogP contribution in [0.25, 0.3) is 11.1 Å². The normalized spacial score (nSPS) is 13.7. The van der Waals surface area contributed by atoms with E-state index in [2.05, 4.69) is 47.1 Å². The van der Waals surface area contributed by atoms with Gasteiger partial charge in [0.2, 0.25) is 17.6 Å². The lowest BCUT2D eigenvalue weighted by atomic mass is 9.90. The highest BCUT2D eigenvalue weighted by Crippen LogP contribution is 2.25. The van der Waals surface area contributed by atoms with E-state index in [-0.39, 0.29) is 62.7 Å². The summed E-state index contributed by atoms with van der Waals surface area (Å²) >= 11 is 0. The van der Waals surface area contributed by atoms with Crippen molar-refractivity contribution in [2.45, 2.75) is 196 Å². The number of nitrogens with one attached hydrogen (secondary N) is 3. The van der Waals surface area contributed by atoms with Gasteiger partial charge in [-0.2, -0.15) is 0 Å². The van der Waals surface area contributed by atoms with Crippen molar-refractivity contribution in [2.75, 3.05) is 6.54 Å². The zero-order valence-electron chi connectivity index (χ0n) is 44.5. The van der Waals surface area contributed by atoms with Crippen LogP contribution in [-0.4, -0.2) is 82.7 Å². The van der Waals surface area contributed by atoms with E-state index in [1.165, 1.54) is 12.5 Å². The first-order chi connectivity index (χ1) is 33.2. The molecule has 2 aromatic carbocycles. The molecule has 0 unspecified atom stereocenters. The minimum Gasteiger partial charge on any atom is -0.460 e. The van der Waals surface area contributed by atoms with Gasteiger partial charge in [-0.15, -0.1) is 0 Å². The number of aryl methyl sites for hydroxylation is 1. The summed E-state index contributed by atoms with van der Waals surface area (Å²) in [5, 5.41) is 8.37. The molecule has 0 aliphatic carbocycles. The predicted molar refractivity (Wildman–Crippen MR) is 275 cm³/mol. The van der Waals surface area contributed by atoms with Crippen molar-refractivity contribution < 1.29 is 52.6 Å². The van der Waals surface area contributed by atoms with Crippen molar-refractivity contribution in [3.63, 3.8) is 0 Å². The summed E-state index contributed by atoms with van der Waals surface area (Å²) in [6.07, 6.45) is 5.25. The van der Waals surface area contributed by atoms with Crippen LogP contribution in [0.4, 0.5) is 4.79 Å². The van der Waals surface area contributed by atoms with Crippen LogP contribution in [0.2, 0.25) is 0 Å². The van der Waals surface area contributed by atoms with Crippen LogP contribution >= 0.6 is 0 Å². The first-order valence-electron chi connectivity index (χ1n) is 25.6. The van der Waals surface area contributed by atoms with E-state index in [0.29, 0.717) is 44.1 Å². The number of ether oxygens (including phenoxy) is 2. The number of ketones is 4. The van der Waals surface area contributed by atoms with Crippen LogP contribution in [0.5, 0.6) is 0 Å². The van der Waals surface area contributed by atoms with Crippen LogP contribution in [0.3, 0.4) is 0 Å². The van der Waals surface area contributed by atoms with Crippen molar-refractivity contribution in [3.05, 3.63) is 59.7 Å². The maximum absolute atomic E-state index is 14.4. The largest absolute Gasteiger partial charge is 0.460 e. The van der Waals surface area contributed by atoms with E-state index >= 15 is 0 Å². The van der Waals surface area contributed by atoms with Crippen molar-refractivity contribution >= 4 is 52.9 Å². The van der Waals surface area contributed by atoms with Crippen LogP contribution < -0.4 is 21.7 Å². The number of carbonyl (C=O) groups excluding carboxylic acids is 9. The number of benzene rings is 2. The van der Waals surface area contributed by atoms with Crippen molar-refractivity contribution in [2.24, 2.45) is 29.4 Å². The maximum Gasteiger partial charge on any atom is 0.407 e. The summed E-state index contributed by atoms with van der Waals surface area (Å²) in [5.41, 5.74) is 7.49. The van der Waals surface area contributed by atoms with Crippen molar-refractivity contribution in [1.29, 1.82) is 0 Å². The number of esters is 1. The van der Waals surface area contributed by atoms with Crippen molar-refractivity contribution in [1.82, 2.24) is 16.0 Å². The number of alkyl carbamates (subject to hydrolysis) is 1. The molecule has 394 valence electrons. The Labute approximate surface area is 422 Å². The highest BCUT2D eigenvalue weighted by Gasteiger charge is 2.32. The Balaban J connectivity index is 2.36. The second-order valence-corrected chi connectivity index (χ2v) is 21.4. The average molecular weight is 989 g/mol. The molecule has 15 heteroatoms. The summed E-state index contributed by atoms with van der Waals surface area (Å²) in [4.78, 5) is 118. The summed E-state index contributed by atoms with van der Waals surface area (Å²) in [6, 6.07) is 13.6. The van der Waals surface area contributed by atoms with Gasteiger partial charge in [-0.25, -0.2) is 4.79 Å². The van der Waals surface area contributed by atoms with E-state index in [1.807, 2.05) is 26.0 Å². The Morgan fingerprint density at radius 1 is 0.606 bits per heavy atom. The molecule has 2 aromatic rings. The number of nitrogens with two attached hydrogens (primary N) is 1. The molecule has 4 amide bonds. The van der Waals surface area contributed by atoms with Crippen molar-refractivity contribution in [3.8, 4) is 11.1 Å². The third kappa shape index (κ3) is 24.8. The smallest absolute Gasteiger partial charge is 0.407 e. The molecular weight excluding hydrogens is 905 g/mol. The zero-order valence-corrected chi connectivity index (χ0v) is 44.5. The van der Waals surface area contributed by atoms with Crippen LogP contribution in [0, 0.1) is 23.7 Å². The molecule has 0 fully saturated rings. The quantitative estimate of drug-likeness (QED) is 0.0233. The van der Waals surface area contributed by atoms with Gasteiger partial charge in [0, 0.05) is 55.5 Å². The molecular formula is C56H84N4O11. The summed E-state index contributed by atoms with van der Waals surface area (Å²) in [6.45, 7) is 19.7. The third-order valence-corrected chi connectivity index (χ3v) is 11.8. The van der Waals surface area contributed by atoms with Gasteiger partial charge in [-0.3, -0.25) is 38.4 Å². The van der Waals surface area contributed by atoms with Gasteiger partial charge >= 0.3 is 12.1 Å². The molecule has 5 atom stereocenters. The molecule has 2 rings (SSSR count). The molecule has 71 heavy (non-hydrogen) atoms. The Kier molecular flexibility index (Phi) is 26.1. The Bertz CT molecular complexity index is 2080. The zero-order chi connectivity index (χ0) is 53.5. The standard InChI is InChI=1S/C56H84N4O11/c1-12-13-19-39-23-25-40(26-24-39)41-27-29-42(30-28-41)46(61)35-43(20-15-14-16-22-49(64)70-55(6,7)8)53(68)59-44(21-17-18-31-58-54(69)71-56(9,10)11)47(62)34-38(5)52(67)60-45(32-36(2)3)48(63)33-37(4)50(65)51(57)66/h23-30,36-38,43-45H,12-22,31-35H2,1-11H3,(H2,57,66)(H,58,69)(H,59,68)(H,60,67)/t37-,38-,43-,44+,45+/m1/s1. The number of rotatable bonds is 32. The van der Waals surface area contributed by atoms with Crippen LogP contribution in [0.1, 0.15) is 182 Å². The van der Waals surface area contributed by atoms with Crippen LogP contribution in [0.15, 0.2) is 48.5 Å². The first kappa shape index (κ1) is 61.4. The lowest BCUT2D eigenvalue weighted by Crippen LogP contribution is -2.47. The van der Waals surface area contributed by atoms with Crippen LogP contribution in [-0.2, 0) is 49.5 Å². The van der Waals surface area contributed by atoms with Gasteiger partial charge in [0.15, 0.2) is 17.3 Å². The van der Waals surface area contributed by atoms with E-state index in [9.17, 15) is 43.2 Å². The second kappa shape index (κ2) is 30.2. The highest BCUT2D eigenvalue weighted by molar-refractivity contribution is 6.36. The Morgan fingerprint density at radius 2 is 1.15 bits per heavy atom. The number of hydrogen-bond donors (Lipinski definition) is 4. The van der Waals surface area contributed by atoms with E-state index in [1.54, 1.807) is 60.6 Å². The fraction of sp³-hybridized carbons (Fsp3) is 0.625. The molecule has 0 radical (unpaired) electrons. The Morgan fingerprint density at radius 3 is 1.72 bits per heavy atom. The van der Waals surface area contributed by atoms with Gasteiger partial charge in [0.1, 0.15) is 11.2 Å². The molecule has 0 aliphatic rings. The van der Waals surface area contributed by atoms with E-state index in [0.717, 1.165) is 30.4 Å². The molecule has 0 aromatic heterocycles. The molecule has 0 bridgehead atoms.